The van der Waals surface area contributed by atoms with Crippen LogP contribution in [0.3, 0.4) is 0 Å². The van der Waals surface area contributed by atoms with Crippen molar-refractivity contribution < 1.29 is 4.79 Å². The first kappa shape index (κ1) is 26.4. The number of carbonyl (C=O) groups excluding carboxylic acids is 1. The van der Waals surface area contributed by atoms with Gasteiger partial charge < -0.3 is 16.6 Å². The molecule has 0 heterocycles. The molecule has 172 valence electrons. The first-order valence-electron chi connectivity index (χ1n) is 11.7. The quantitative estimate of drug-likeness (QED) is 0.0695. The van der Waals surface area contributed by atoms with Gasteiger partial charge in [0.2, 0.25) is 5.91 Å². The molecule has 0 bridgehead atoms. The molecule has 6 heteroatoms. The zero-order valence-corrected chi connectivity index (χ0v) is 19.1. The van der Waals surface area contributed by atoms with E-state index in [9.17, 15) is 4.79 Å². The van der Waals surface area contributed by atoms with Gasteiger partial charge in [-0.25, -0.2) is 5.84 Å². The van der Waals surface area contributed by atoms with Crippen LogP contribution in [0.25, 0.3) is 0 Å². The predicted molar refractivity (Wildman–Crippen MR) is 132 cm³/mol. The van der Waals surface area contributed by atoms with Gasteiger partial charge in [-0.2, -0.15) is 5.10 Å². The Morgan fingerprint density at radius 3 is 2.13 bits per heavy atom. The number of nitrogens with two attached hydrogens (primary N) is 2. The summed E-state index contributed by atoms with van der Waals surface area (Å²) in [6.07, 6.45) is 22.7. The van der Waals surface area contributed by atoms with Gasteiger partial charge in [-0.05, 0) is 62.8 Å². The fourth-order valence-electron chi connectivity index (χ4n) is 3.23. The van der Waals surface area contributed by atoms with Crippen LogP contribution in [0.4, 0.5) is 5.69 Å². The number of allylic oxidation sites excluding steroid dienone is 4. The van der Waals surface area contributed by atoms with E-state index in [0.29, 0.717) is 12.3 Å². The van der Waals surface area contributed by atoms with Crippen molar-refractivity contribution in [3.63, 3.8) is 0 Å². The highest BCUT2D eigenvalue weighted by Crippen LogP contribution is 2.12. The van der Waals surface area contributed by atoms with Crippen LogP contribution in [0.2, 0.25) is 0 Å². The standard InChI is InChI=1S/C25H41N5O/c1-2-3-4-5-6-7-8-9-10-11-12-13-14-15-16-17-24(31)28-23-20-18-22(19-21-23)25(29-26)30-27/h6-7,9-10,18-21H,2-5,8,11-17,26-27H2,1H3,(H,28,31)(H,29,30)/b7-6-,10-9-. The number of anilines is 1. The Morgan fingerprint density at radius 1 is 0.903 bits per heavy atom. The van der Waals surface area contributed by atoms with E-state index >= 15 is 0 Å². The second-order valence-electron chi connectivity index (χ2n) is 7.73. The summed E-state index contributed by atoms with van der Waals surface area (Å²) in [5, 5.41) is 6.48. The molecule has 31 heavy (non-hydrogen) atoms. The topological polar surface area (TPSA) is 106 Å². The highest BCUT2D eigenvalue weighted by molar-refractivity contribution is 5.99. The molecule has 1 amide bonds. The molecule has 1 aromatic carbocycles. The molecule has 0 fully saturated rings. The van der Waals surface area contributed by atoms with Crippen LogP contribution in [0.5, 0.6) is 0 Å². The van der Waals surface area contributed by atoms with Gasteiger partial charge in [-0.1, -0.05) is 63.3 Å². The fourth-order valence-corrected chi connectivity index (χ4v) is 3.23. The molecule has 0 radical (unpaired) electrons. The van der Waals surface area contributed by atoms with Crippen LogP contribution in [0.1, 0.15) is 89.5 Å². The Morgan fingerprint density at radius 2 is 1.52 bits per heavy atom. The molecule has 0 saturated heterocycles. The number of hydrazine groups is 1. The maximum atomic E-state index is 12.1. The monoisotopic (exact) mass is 427 g/mol. The molecular weight excluding hydrogens is 386 g/mol. The smallest absolute Gasteiger partial charge is 0.224 e. The molecule has 1 aromatic rings. The number of nitrogens with zero attached hydrogens (tertiary/aromatic N) is 1. The molecule has 1 rings (SSSR count). The van der Waals surface area contributed by atoms with E-state index in [1.54, 1.807) is 12.1 Å². The third-order valence-corrected chi connectivity index (χ3v) is 5.06. The first-order valence-corrected chi connectivity index (χ1v) is 11.7. The number of rotatable bonds is 16. The summed E-state index contributed by atoms with van der Waals surface area (Å²) in [6, 6.07) is 7.23. The number of carbonyl (C=O) groups is 1. The van der Waals surface area contributed by atoms with E-state index in [2.05, 4.69) is 47.1 Å². The minimum Gasteiger partial charge on any atom is -0.326 e. The minimum absolute atomic E-state index is 0.0445. The third kappa shape index (κ3) is 13.3. The van der Waals surface area contributed by atoms with Crippen LogP contribution >= 0.6 is 0 Å². The lowest BCUT2D eigenvalue weighted by Crippen LogP contribution is -2.32. The number of amides is 1. The van der Waals surface area contributed by atoms with Crippen LogP contribution in [-0.4, -0.2) is 11.7 Å². The number of hydrazone groups is 1. The second kappa shape index (κ2) is 18.2. The summed E-state index contributed by atoms with van der Waals surface area (Å²) in [5.74, 6) is 11.0. The van der Waals surface area contributed by atoms with E-state index in [1.807, 2.05) is 12.1 Å². The maximum Gasteiger partial charge on any atom is 0.224 e. The van der Waals surface area contributed by atoms with Crippen molar-refractivity contribution in [3.05, 3.63) is 54.1 Å². The van der Waals surface area contributed by atoms with Gasteiger partial charge in [0.1, 0.15) is 0 Å². The van der Waals surface area contributed by atoms with E-state index in [-0.39, 0.29) is 5.91 Å². The SMILES string of the molecule is CCCCC/C=C\C/C=C\CCCCCCCC(=O)Nc1ccc(/C(=N/N)NN)cc1. The third-order valence-electron chi connectivity index (χ3n) is 5.06. The molecule has 6 nitrogen and oxygen atoms in total. The van der Waals surface area contributed by atoms with Crippen LogP contribution in [0.15, 0.2) is 53.7 Å². The Bertz CT molecular complexity index is 680. The molecular formula is C25H41N5O. The first-order chi connectivity index (χ1) is 15.2. The van der Waals surface area contributed by atoms with Gasteiger partial charge in [-0.15, -0.1) is 0 Å². The summed E-state index contributed by atoms with van der Waals surface area (Å²) >= 11 is 0. The summed E-state index contributed by atoms with van der Waals surface area (Å²) in [5.41, 5.74) is 3.95. The number of benzene rings is 1. The van der Waals surface area contributed by atoms with E-state index in [1.165, 1.54) is 44.9 Å². The van der Waals surface area contributed by atoms with Gasteiger partial charge in [-0.3, -0.25) is 4.79 Å². The second-order valence-corrected chi connectivity index (χ2v) is 7.73. The molecule has 0 aliphatic rings. The van der Waals surface area contributed by atoms with E-state index in [4.69, 9.17) is 11.7 Å². The number of hydrogen-bond donors (Lipinski definition) is 4. The lowest BCUT2D eigenvalue weighted by molar-refractivity contribution is -0.116. The summed E-state index contributed by atoms with van der Waals surface area (Å²) in [7, 11) is 0. The van der Waals surface area contributed by atoms with Crippen molar-refractivity contribution in [3.8, 4) is 0 Å². The van der Waals surface area contributed by atoms with Gasteiger partial charge >= 0.3 is 0 Å². The van der Waals surface area contributed by atoms with E-state index < -0.39 is 0 Å². The van der Waals surface area contributed by atoms with Crippen molar-refractivity contribution in [2.45, 2.75) is 84.0 Å². The zero-order chi connectivity index (χ0) is 22.6. The van der Waals surface area contributed by atoms with Gasteiger partial charge in [0.05, 0.1) is 0 Å². The van der Waals surface area contributed by atoms with Crippen LogP contribution in [0, 0.1) is 0 Å². The van der Waals surface area contributed by atoms with Crippen LogP contribution in [-0.2, 0) is 4.79 Å². The average Bonchev–Trinajstić information content (AvgIpc) is 2.78. The van der Waals surface area contributed by atoms with Gasteiger partial charge in [0, 0.05) is 17.7 Å². The summed E-state index contributed by atoms with van der Waals surface area (Å²) in [4.78, 5) is 12.1. The van der Waals surface area contributed by atoms with Crippen molar-refractivity contribution in [2.75, 3.05) is 5.32 Å². The Balaban J connectivity index is 2.03. The van der Waals surface area contributed by atoms with E-state index in [0.717, 1.165) is 36.9 Å². The van der Waals surface area contributed by atoms with Gasteiger partial charge in [0.25, 0.3) is 0 Å². The van der Waals surface area contributed by atoms with Gasteiger partial charge in [0.15, 0.2) is 5.84 Å². The Kier molecular flexibility index (Phi) is 15.5. The molecule has 0 atom stereocenters. The Labute approximate surface area is 188 Å². The maximum absolute atomic E-state index is 12.1. The summed E-state index contributed by atoms with van der Waals surface area (Å²) < 4.78 is 0. The number of hydrogen-bond acceptors (Lipinski definition) is 4. The predicted octanol–water partition coefficient (Wildman–Crippen LogP) is 5.52. The van der Waals surface area contributed by atoms with Crippen molar-refractivity contribution >= 4 is 17.4 Å². The number of amidine groups is 1. The zero-order valence-electron chi connectivity index (χ0n) is 19.1. The minimum atomic E-state index is 0.0445. The lowest BCUT2D eigenvalue weighted by atomic mass is 10.1. The molecule has 0 spiro atoms. The van der Waals surface area contributed by atoms with Crippen LogP contribution < -0.4 is 22.4 Å². The molecule has 0 aliphatic carbocycles. The largest absolute Gasteiger partial charge is 0.326 e. The number of nitrogens with one attached hydrogen (secondary N) is 2. The highest BCUT2D eigenvalue weighted by atomic mass is 16.1. The molecule has 0 aliphatic heterocycles. The normalized spacial score (nSPS) is 12.0. The highest BCUT2D eigenvalue weighted by Gasteiger charge is 2.04. The van der Waals surface area contributed by atoms with Crippen molar-refractivity contribution in [1.82, 2.24) is 5.43 Å². The molecule has 6 N–H and O–H groups in total. The molecule has 0 aromatic heterocycles. The molecule has 0 saturated carbocycles. The fraction of sp³-hybridized carbons (Fsp3) is 0.520. The average molecular weight is 428 g/mol. The number of unbranched alkanes of at least 4 members (excludes halogenated alkanes) is 8. The summed E-state index contributed by atoms with van der Waals surface area (Å²) in [6.45, 7) is 2.24. The van der Waals surface area contributed by atoms with Crippen molar-refractivity contribution in [1.29, 1.82) is 0 Å². The lowest BCUT2D eigenvalue weighted by Gasteiger charge is -2.07. The molecule has 0 unspecified atom stereocenters. The Hall–Kier alpha value is -2.60. The van der Waals surface area contributed by atoms with Crippen molar-refractivity contribution in [2.24, 2.45) is 16.8 Å².